The highest BCUT2D eigenvalue weighted by atomic mass is 16.6. The Labute approximate surface area is 122 Å². The minimum absolute atomic E-state index is 0.0463. The molecule has 0 amide bonds. The lowest BCUT2D eigenvalue weighted by Crippen LogP contribution is -2.37. The Morgan fingerprint density at radius 1 is 1.48 bits per heavy atom. The zero-order valence-electron chi connectivity index (χ0n) is 12.5. The van der Waals surface area contributed by atoms with Gasteiger partial charge in [0.25, 0.3) is 5.56 Å². The molecule has 0 fully saturated rings. The molecule has 1 atom stereocenters. The van der Waals surface area contributed by atoms with Crippen molar-refractivity contribution in [2.75, 3.05) is 13.2 Å². The van der Waals surface area contributed by atoms with E-state index >= 15 is 0 Å². The molecule has 114 valence electrons. The van der Waals surface area contributed by atoms with E-state index in [1.807, 2.05) is 13.8 Å². The summed E-state index contributed by atoms with van der Waals surface area (Å²) >= 11 is 0. The first-order valence-electron chi connectivity index (χ1n) is 7.08. The normalized spacial score (nSPS) is 19.2. The van der Waals surface area contributed by atoms with Gasteiger partial charge < -0.3 is 9.57 Å². The summed E-state index contributed by atoms with van der Waals surface area (Å²) in [5, 5.41) is 4.01. The topological polar surface area (TPSA) is 82.8 Å². The van der Waals surface area contributed by atoms with Crippen LogP contribution in [0.25, 0.3) is 0 Å². The van der Waals surface area contributed by atoms with Crippen LogP contribution in [0, 0.1) is 0 Å². The van der Waals surface area contributed by atoms with E-state index in [1.54, 1.807) is 6.92 Å². The SMILES string of the molecule is CCO/N=C1\CCC(C)n2c1ncc(C(=O)OCC)c2=O. The summed E-state index contributed by atoms with van der Waals surface area (Å²) in [7, 11) is 0. The van der Waals surface area contributed by atoms with Crippen LogP contribution in [0.2, 0.25) is 0 Å². The predicted molar refractivity (Wildman–Crippen MR) is 76.6 cm³/mol. The molecule has 0 spiro atoms. The summed E-state index contributed by atoms with van der Waals surface area (Å²) < 4.78 is 6.37. The Balaban J connectivity index is 2.51. The zero-order chi connectivity index (χ0) is 15.4. The maximum absolute atomic E-state index is 12.5. The lowest BCUT2D eigenvalue weighted by Gasteiger charge is -2.24. The van der Waals surface area contributed by atoms with Crippen molar-refractivity contribution in [1.29, 1.82) is 0 Å². The van der Waals surface area contributed by atoms with Gasteiger partial charge in [-0.05, 0) is 33.6 Å². The Hall–Kier alpha value is -2.18. The summed E-state index contributed by atoms with van der Waals surface area (Å²) in [6.45, 7) is 6.10. The number of esters is 1. The molecule has 2 heterocycles. The average Bonchev–Trinajstić information content (AvgIpc) is 2.47. The fourth-order valence-corrected chi connectivity index (χ4v) is 2.26. The molecule has 0 radical (unpaired) electrons. The fourth-order valence-electron chi connectivity index (χ4n) is 2.26. The molecule has 1 unspecified atom stereocenters. The van der Waals surface area contributed by atoms with E-state index in [4.69, 9.17) is 9.57 Å². The Bertz CT molecular complexity index is 621. The van der Waals surface area contributed by atoms with Gasteiger partial charge in [0.05, 0.1) is 6.61 Å². The van der Waals surface area contributed by atoms with Crippen molar-refractivity contribution >= 4 is 11.7 Å². The number of rotatable bonds is 4. The zero-order valence-corrected chi connectivity index (χ0v) is 12.5. The van der Waals surface area contributed by atoms with E-state index in [0.29, 0.717) is 24.6 Å². The lowest BCUT2D eigenvalue weighted by atomic mass is 10.0. The molecule has 0 bridgehead atoms. The number of aromatic nitrogens is 2. The van der Waals surface area contributed by atoms with Gasteiger partial charge in [-0.1, -0.05) is 5.16 Å². The van der Waals surface area contributed by atoms with Crippen LogP contribution in [0.4, 0.5) is 0 Å². The van der Waals surface area contributed by atoms with Crippen LogP contribution < -0.4 is 5.56 Å². The van der Waals surface area contributed by atoms with Crippen molar-refractivity contribution in [2.45, 2.75) is 39.7 Å². The lowest BCUT2D eigenvalue weighted by molar-refractivity contribution is 0.0522. The van der Waals surface area contributed by atoms with Gasteiger partial charge in [-0.15, -0.1) is 0 Å². The highest BCUT2D eigenvalue weighted by molar-refractivity contribution is 5.98. The van der Waals surface area contributed by atoms with Crippen LogP contribution in [0.5, 0.6) is 0 Å². The molecule has 1 aliphatic heterocycles. The highest BCUT2D eigenvalue weighted by Gasteiger charge is 2.27. The van der Waals surface area contributed by atoms with Gasteiger partial charge in [-0.25, -0.2) is 9.78 Å². The summed E-state index contributed by atoms with van der Waals surface area (Å²) in [5.74, 6) is -0.188. The molecule has 7 heteroatoms. The molecule has 1 aromatic heterocycles. The first-order chi connectivity index (χ1) is 10.1. The smallest absolute Gasteiger partial charge is 0.345 e. The Morgan fingerprint density at radius 2 is 2.24 bits per heavy atom. The molecule has 7 nitrogen and oxygen atoms in total. The van der Waals surface area contributed by atoms with Crippen molar-refractivity contribution in [2.24, 2.45) is 5.16 Å². The van der Waals surface area contributed by atoms with E-state index < -0.39 is 11.5 Å². The van der Waals surface area contributed by atoms with Crippen LogP contribution in [0.15, 0.2) is 16.1 Å². The van der Waals surface area contributed by atoms with Gasteiger partial charge in [0.2, 0.25) is 0 Å². The van der Waals surface area contributed by atoms with E-state index in [2.05, 4.69) is 10.1 Å². The number of hydrogen-bond donors (Lipinski definition) is 0. The number of fused-ring (bicyclic) bond motifs is 1. The molecule has 0 N–H and O–H groups in total. The maximum atomic E-state index is 12.5. The standard InChI is InChI=1S/C14H19N3O4/c1-4-20-14(19)10-8-15-12-11(16-21-5-2)7-6-9(3)17(12)13(10)18/h8-9H,4-7H2,1-3H3/b16-11+. The second kappa shape index (κ2) is 6.51. The molecular weight excluding hydrogens is 274 g/mol. The van der Waals surface area contributed by atoms with Crippen LogP contribution in [-0.2, 0) is 9.57 Å². The van der Waals surface area contributed by atoms with Crippen molar-refractivity contribution in [3.63, 3.8) is 0 Å². The number of hydrogen-bond acceptors (Lipinski definition) is 6. The highest BCUT2D eigenvalue weighted by Crippen LogP contribution is 2.21. The summed E-state index contributed by atoms with van der Waals surface area (Å²) in [4.78, 5) is 33.5. The first kappa shape index (κ1) is 15.2. The fraction of sp³-hybridized carbons (Fsp3) is 0.571. The van der Waals surface area contributed by atoms with Crippen molar-refractivity contribution in [3.05, 3.63) is 27.9 Å². The molecule has 1 aliphatic rings. The maximum Gasteiger partial charge on any atom is 0.345 e. The van der Waals surface area contributed by atoms with Crippen molar-refractivity contribution < 1.29 is 14.4 Å². The second-order valence-electron chi connectivity index (χ2n) is 4.73. The molecule has 0 aromatic carbocycles. The van der Waals surface area contributed by atoms with Crippen LogP contribution in [0.1, 0.15) is 55.8 Å². The molecule has 1 aromatic rings. The first-order valence-corrected chi connectivity index (χ1v) is 7.08. The Morgan fingerprint density at radius 3 is 2.90 bits per heavy atom. The number of carbonyl (C=O) groups is 1. The molecule has 21 heavy (non-hydrogen) atoms. The van der Waals surface area contributed by atoms with Crippen molar-refractivity contribution in [3.8, 4) is 0 Å². The number of nitrogens with zero attached hydrogens (tertiary/aromatic N) is 3. The van der Waals surface area contributed by atoms with Gasteiger partial charge in [0.1, 0.15) is 17.9 Å². The number of carbonyl (C=O) groups excluding carboxylic acids is 1. The Kier molecular flexibility index (Phi) is 4.72. The minimum Gasteiger partial charge on any atom is -0.462 e. The van der Waals surface area contributed by atoms with Gasteiger partial charge in [-0.3, -0.25) is 9.36 Å². The second-order valence-corrected chi connectivity index (χ2v) is 4.73. The summed E-state index contributed by atoms with van der Waals surface area (Å²) in [6.07, 6.45) is 2.69. The third-order valence-corrected chi connectivity index (χ3v) is 3.29. The summed E-state index contributed by atoms with van der Waals surface area (Å²) in [6, 6.07) is -0.0463. The van der Waals surface area contributed by atoms with E-state index in [-0.39, 0.29) is 18.2 Å². The quantitative estimate of drug-likeness (QED) is 0.621. The number of oxime groups is 1. The largest absolute Gasteiger partial charge is 0.462 e. The van der Waals surface area contributed by atoms with Gasteiger partial charge in [0.15, 0.2) is 5.82 Å². The molecule has 0 aliphatic carbocycles. The van der Waals surface area contributed by atoms with Gasteiger partial charge in [-0.2, -0.15) is 0 Å². The molecular formula is C14H19N3O4. The third-order valence-electron chi connectivity index (χ3n) is 3.29. The monoisotopic (exact) mass is 293 g/mol. The minimum atomic E-state index is -0.647. The van der Waals surface area contributed by atoms with E-state index in [9.17, 15) is 9.59 Å². The van der Waals surface area contributed by atoms with Crippen LogP contribution in [-0.4, -0.2) is 34.4 Å². The third kappa shape index (κ3) is 2.96. The predicted octanol–water partition coefficient (Wildman–Crippen LogP) is 1.52. The number of ether oxygens (including phenoxy) is 1. The van der Waals surface area contributed by atoms with Gasteiger partial charge >= 0.3 is 5.97 Å². The van der Waals surface area contributed by atoms with E-state index in [0.717, 1.165) is 6.42 Å². The van der Waals surface area contributed by atoms with E-state index in [1.165, 1.54) is 10.8 Å². The molecule has 0 saturated carbocycles. The summed E-state index contributed by atoms with van der Waals surface area (Å²) in [5.41, 5.74) is 0.183. The van der Waals surface area contributed by atoms with Gasteiger partial charge in [0, 0.05) is 12.2 Å². The van der Waals surface area contributed by atoms with Crippen LogP contribution in [0.3, 0.4) is 0 Å². The average molecular weight is 293 g/mol. The van der Waals surface area contributed by atoms with Crippen LogP contribution >= 0.6 is 0 Å². The van der Waals surface area contributed by atoms with Crippen molar-refractivity contribution in [1.82, 2.24) is 9.55 Å². The molecule has 0 saturated heterocycles. The molecule has 2 rings (SSSR count).